The van der Waals surface area contributed by atoms with Crippen molar-refractivity contribution in [1.82, 2.24) is 10.2 Å². The molecule has 3 rings (SSSR count). The van der Waals surface area contributed by atoms with Gasteiger partial charge in [0, 0.05) is 11.4 Å². The minimum atomic E-state index is 0.102. The number of rotatable bonds is 5. The van der Waals surface area contributed by atoms with E-state index in [4.69, 9.17) is 4.42 Å². The van der Waals surface area contributed by atoms with E-state index in [9.17, 15) is 4.79 Å². The van der Waals surface area contributed by atoms with Crippen molar-refractivity contribution in [3.05, 3.63) is 46.5 Å². The van der Waals surface area contributed by atoms with Gasteiger partial charge in [-0.3, -0.25) is 4.79 Å². The minimum absolute atomic E-state index is 0.102. The highest BCUT2D eigenvalue weighted by molar-refractivity contribution is 7.09. The normalized spacial score (nSPS) is 18.3. The number of amides is 1. The average molecular weight is 290 g/mol. The fraction of sp³-hybridized carbons (Fsp3) is 0.400. The first kappa shape index (κ1) is 13.4. The van der Waals surface area contributed by atoms with Crippen LogP contribution < -0.4 is 5.32 Å². The van der Waals surface area contributed by atoms with Gasteiger partial charge in [0.15, 0.2) is 0 Å². The van der Waals surface area contributed by atoms with Crippen molar-refractivity contribution in [1.29, 1.82) is 0 Å². The number of thiophene rings is 1. The molecule has 0 bridgehead atoms. The van der Waals surface area contributed by atoms with E-state index in [-0.39, 0.29) is 11.8 Å². The first-order valence-corrected chi connectivity index (χ1v) is 7.75. The van der Waals surface area contributed by atoms with Gasteiger partial charge in [0.05, 0.1) is 25.3 Å². The molecule has 1 atom stereocenters. The molecule has 0 aromatic carbocycles. The van der Waals surface area contributed by atoms with E-state index >= 15 is 0 Å². The van der Waals surface area contributed by atoms with Gasteiger partial charge >= 0.3 is 0 Å². The monoisotopic (exact) mass is 290 g/mol. The molecule has 0 saturated carbocycles. The van der Waals surface area contributed by atoms with Gasteiger partial charge in [-0.2, -0.15) is 0 Å². The summed E-state index contributed by atoms with van der Waals surface area (Å²) in [5.74, 6) is 1.16. The SMILES string of the molecule is O=C(C1CCNC1)N(Cc1ccco1)Cc1cccs1. The van der Waals surface area contributed by atoms with E-state index in [1.165, 1.54) is 4.88 Å². The predicted octanol–water partition coefficient (Wildman–Crippen LogP) is 2.48. The van der Waals surface area contributed by atoms with Gasteiger partial charge in [-0.25, -0.2) is 0 Å². The first-order chi connectivity index (χ1) is 9.83. The van der Waals surface area contributed by atoms with E-state index in [1.807, 2.05) is 28.5 Å². The van der Waals surface area contributed by atoms with Crippen LogP contribution in [-0.2, 0) is 17.9 Å². The maximum absolute atomic E-state index is 12.6. The van der Waals surface area contributed by atoms with Crippen molar-refractivity contribution in [3.8, 4) is 0 Å². The Bertz CT molecular complexity index is 494. The van der Waals surface area contributed by atoms with E-state index in [0.717, 1.165) is 25.3 Å². The van der Waals surface area contributed by atoms with E-state index in [1.54, 1.807) is 17.6 Å². The van der Waals surface area contributed by atoms with Crippen molar-refractivity contribution in [2.45, 2.75) is 19.5 Å². The smallest absolute Gasteiger partial charge is 0.227 e. The molecule has 1 fully saturated rings. The molecule has 5 heteroatoms. The maximum atomic E-state index is 12.6. The highest BCUT2D eigenvalue weighted by Gasteiger charge is 2.27. The van der Waals surface area contributed by atoms with Crippen LogP contribution in [0.15, 0.2) is 40.3 Å². The summed E-state index contributed by atoms with van der Waals surface area (Å²) in [5, 5.41) is 5.30. The molecule has 2 aromatic rings. The molecule has 1 aliphatic rings. The van der Waals surface area contributed by atoms with Crippen molar-refractivity contribution in [3.63, 3.8) is 0 Å². The number of carbonyl (C=O) groups is 1. The van der Waals surface area contributed by atoms with Crippen LogP contribution in [0.3, 0.4) is 0 Å². The van der Waals surface area contributed by atoms with E-state index in [0.29, 0.717) is 13.1 Å². The Balaban J connectivity index is 1.73. The van der Waals surface area contributed by atoms with Gasteiger partial charge in [0.25, 0.3) is 0 Å². The number of hydrogen-bond donors (Lipinski definition) is 1. The number of furan rings is 1. The molecule has 0 aliphatic carbocycles. The van der Waals surface area contributed by atoms with Crippen LogP contribution in [0.5, 0.6) is 0 Å². The molecule has 1 amide bonds. The van der Waals surface area contributed by atoms with Crippen LogP contribution in [0.4, 0.5) is 0 Å². The Morgan fingerprint density at radius 1 is 1.40 bits per heavy atom. The topological polar surface area (TPSA) is 45.5 Å². The summed E-state index contributed by atoms with van der Waals surface area (Å²) in [6, 6.07) is 7.87. The first-order valence-electron chi connectivity index (χ1n) is 6.87. The Kier molecular flexibility index (Phi) is 4.18. The maximum Gasteiger partial charge on any atom is 0.227 e. The molecule has 106 valence electrons. The quantitative estimate of drug-likeness (QED) is 0.920. The summed E-state index contributed by atoms with van der Waals surface area (Å²) in [4.78, 5) is 15.8. The van der Waals surface area contributed by atoms with Crippen molar-refractivity contribution in [2.24, 2.45) is 5.92 Å². The summed E-state index contributed by atoms with van der Waals surface area (Å²) >= 11 is 1.68. The molecule has 1 N–H and O–H groups in total. The molecular formula is C15H18N2O2S. The Morgan fingerprint density at radius 3 is 3.00 bits per heavy atom. The zero-order valence-electron chi connectivity index (χ0n) is 11.2. The average Bonchev–Trinajstić information content (AvgIpc) is 3.20. The van der Waals surface area contributed by atoms with Gasteiger partial charge in [-0.05, 0) is 36.5 Å². The highest BCUT2D eigenvalue weighted by Crippen LogP contribution is 2.19. The van der Waals surface area contributed by atoms with Crippen LogP contribution in [0.25, 0.3) is 0 Å². The second-order valence-electron chi connectivity index (χ2n) is 5.04. The molecule has 1 saturated heterocycles. The van der Waals surface area contributed by atoms with Crippen molar-refractivity contribution in [2.75, 3.05) is 13.1 Å². The summed E-state index contributed by atoms with van der Waals surface area (Å²) in [6.45, 7) is 2.93. The molecule has 3 heterocycles. The zero-order valence-corrected chi connectivity index (χ0v) is 12.1. The summed E-state index contributed by atoms with van der Waals surface area (Å²) in [6.07, 6.45) is 2.58. The molecule has 0 spiro atoms. The van der Waals surface area contributed by atoms with Crippen LogP contribution >= 0.6 is 11.3 Å². The lowest BCUT2D eigenvalue weighted by atomic mass is 10.1. The van der Waals surface area contributed by atoms with Gasteiger partial charge in [0.1, 0.15) is 5.76 Å². The Morgan fingerprint density at radius 2 is 2.35 bits per heavy atom. The predicted molar refractivity (Wildman–Crippen MR) is 78.3 cm³/mol. The lowest BCUT2D eigenvalue weighted by Crippen LogP contribution is -2.36. The zero-order chi connectivity index (χ0) is 13.8. The lowest BCUT2D eigenvalue weighted by Gasteiger charge is -2.24. The number of hydrogen-bond acceptors (Lipinski definition) is 4. The molecule has 0 radical (unpaired) electrons. The molecule has 1 aliphatic heterocycles. The minimum Gasteiger partial charge on any atom is -0.467 e. The largest absolute Gasteiger partial charge is 0.467 e. The van der Waals surface area contributed by atoms with Gasteiger partial charge in [-0.15, -0.1) is 11.3 Å². The van der Waals surface area contributed by atoms with Crippen molar-refractivity contribution >= 4 is 17.2 Å². The number of carbonyl (C=O) groups excluding carboxylic acids is 1. The molecule has 20 heavy (non-hydrogen) atoms. The second kappa shape index (κ2) is 6.24. The Labute approximate surface area is 122 Å². The van der Waals surface area contributed by atoms with Gasteiger partial charge < -0.3 is 14.6 Å². The highest BCUT2D eigenvalue weighted by atomic mass is 32.1. The van der Waals surface area contributed by atoms with E-state index < -0.39 is 0 Å². The fourth-order valence-electron chi connectivity index (χ4n) is 2.52. The van der Waals surface area contributed by atoms with Crippen molar-refractivity contribution < 1.29 is 9.21 Å². The van der Waals surface area contributed by atoms with E-state index in [2.05, 4.69) is 11.4 Å². The molecule has 2 aromatic heterocycles. The second-order valence-corrected chi connectivity index (χ2v) is 6.07. The van der Waals surface area contributed by atoms with Crippen LogP contribution in [-0.4, -0.2) is 23.9 Å². The molecular weight excluding hydrogens is 272 g/mol. The van der Waals surface area contributed by atoms with Crippen LogP contribution in [0, 0.1) is 5.92 Å². The fourth-order valence-corrected chi connectivity index (χ4v) is 3.24. The lowest BCUT2D eigenvalue weighted by molar-refractivity contribution is -0.136. The van der Waals surface area contributed by atoms with Crippen LogP contribution in [0.1, 0.15) is 17.1 Å². The molecule has 4 nitrogen and oxygen atoms in total. The third-order valence-corrected chi connectivity index (χ3v) is 4.44. The Hall–Kier alpha value is -1.59. The number of nitrogens with zero attached hydrogens (tertiary/aromatic N) is 1. The summed E-state index contributed by atoms with van der Waals surface area (Å²) < 4.78 is 5.39. The van der Waals surface area contributed by atoms with Crippen LogP contribution in [0.2, 0.25) is 0 Å². The standard InChI is InChI=1S/C15H18N2O2S/c18-15(12-5-6-16-9-12)17(10-13-3-1-7-19-13)11-14-4-2-8-20-14/h1-4,7-8,12,16H,5-6,9-11H2. The van der Waals surface area contributed by atoms with Gasteiger partial charge in [-0.1, -0.05) is 6.07 Å². The molecule has 1 unspecified atom stereocenters. The third kappa shape index (κ3) is 3.11. The third-order valence-electron chi connectivity index (χ3n) is 3.57. The summed E-state index contributed by atoms with van der Waals surface area (Å²) in [5.41, 5.74) is 0. The number of nitrogens with one attached hydrogen (secondary N) is 1. The van der Waals surface area contributed by atoms with Gasteiger partial charge in [0.2, 0.25) is 5.91 Å². The summed E-state index contributed by atoms with van der Waals surface area (Å²) in [7, 11) is 0.